The minimum Gasteiger partial charge on any atom is -0.496 e. The smallest absolute Gasteiger partial charge is 0.222 e. The van der Waals surface area contributed by atoms with E-state index in [2.05, 4.69) is 50.3 Å². The Bertz CT molecular complexity index is 1660. The van der Waals surface area contributed by atoms with E-state index in [1.807, 2.05) is 24.3 Å². The Morgan fingerprint density at radius 2 is 1.91 bits per heavy atom. The van der Waals surface area contributed by atoms with E-state index < -0.39 is 10.0 Å². The molecule has 1 atom stereocenters. The molecule has 0 bridgehead atoms. The number of hydrogen-bond donors (Lipinski definition) is 4. The molecule has 3 heterocycles. The summed E-state index contributed by atoms with van der Waals surface area (Å²) in [6, 6.07) is 14.7. The molecule has 0 spiro atoms. The number of nitrogen functional groups attached to an aromatic ring is 1. The quantitative estimate of drug-likeness (QED) is 0.178. The number of fused-ring (bicyclic) bond motifs is 3. The predicted octanol–water partition coefficient (Wildman–Crippen LogP) is 3.70. The Balaban J connectivity index is 1.47. The van der Waals surface area contributed by atoms with Gasteiger partial charge in [0.25, 0.3) is 0 Å². The lowest BCUT2D eigenvalue weighted by Crippen LogP contribution is -2.44. The SMILES string of the molecule is CCC[C@@H](CCO)Nc1nc(N)nc2c3ccccc3n(Cc3cc(CNC4CCN(S(C)(=O)=O)CC4)ccc3OC)c12. The Morgan fingerprint density at radius 1 is 1.14 bits per heavy atom. The van der Waals surface area contributed by atoms with Crippen molar-refractivity contribution in [2.75, 3.05) is 44.1 Å². The number of aromatic nitrogens is 3. The van der Waals surface area contributed by atoms with Crippen LogP contribution in [0.5, 0.6) is 5.75 Å². The number of hydrogen-bond acceptors (Lipinski definition) is 9. The molecule has 11 nitrogen and oxygen atoms in total. The van der Waals surface area contributed by atoms with Gasteiger partial charge in [0.15, 0.2) is 5.82 Å². The lowest BCUT2D eigenvalue weighted by Gasteiger charge is -2.30. The van der Waals surface area contributed by atoms with Crippen LogP contribution in [0.2, 0.25) is 0 Å². The van der Waals surface area contributed by atoms with Gasteiger partial charge in [0.05, 0.1) is 25.4 Å². The van der Waals surface area contributed by atoms with Crippen LogP contribution in [0.4, 0.5) is 11.8 Å². The van der Waals surface area contributed by atoms with E-state index in [0.29, 0.717) is 38.4 Å². The number of piperidine rings is 1. The average Bonchev–Trinajstić information content (AvgIpc) is 3.29. The number of rotatable bonds is 13. The third kappa shape index (κ3) is 7.04. The zero-order valence-corrected chi connectivity index (χ0v) is 26.0. The third-order valence-electron chi connectivity index (χ3n) is 8.27. The zero-order chi connectivity index (χ0) is 30.6. The average molecular weight is 610 g/mol. The molecule has 5 N–H and O–H groups in total. The molecule has 2 aromatic carbocycles. The number of aliphatic hydroxyl groups is 1. The maximum absolute atomic E-state index is 11.9. The Morgan fingerprint density at radius 3 is 2.60 bits per heavy atom. The number of nitrogens with two attached hydrogens (primary N) is 1. The first-order valence-corrected chi connectivity index (χ1v) is 16.8. The lowest BCUT2D eigenvalue weighted by atomic mass is 10.1. The summed E-state index contributed by atoms with van der Waals surface area (Å²) in [6.07, 6.45) is 5.31. The van der Waals surface area contributed by atoms with Crippen LogP contribution in [0, 0.1) is 0 Å². The van der Waals surface area contributed by atoms with Crippen LogP contribution in [0.25, 0.3) is 21.9 Å². The summed E-state index contributed by atoms with van der Waals surface area (Å²) in [7, 11) is -1.47. The topological polar surface area (TPSA) is 148 Å². The molecule has 1 aliphatic rings. The van der Waals surface area contributed by atoms with Crippen LogP contribution in [-0.2, 0) is 23.1 Å². The molecule has 1 fully saturated rings. The highest BCUT2D eigenvalue weighted by molar-refractivity contribution is 7.88. The maximum Gasteiger partial charge on any atom is 0.222 e. The second kappa shape index (κ2) is 13.5. The van der Waals surface area contributed by atoms with E-state index in [1.165, 1.54) is 6.26 Å². The minimum absolute atomic E-state index is 0.0483. The fourth-order valence-corrected chi connectivity index (χ4v) is 6.96. The molecule has 2 aromatic heterocycles. The highest BCUT2D eigenvalue weighted by atomic mass is 32.2. The van der Waals surface area contributed by atoms with Crippen molar-refractivity contribution in [3.05, 3.63) is 53.6 Å². The number of ether oxygens (including phenoxy) is 1. The van der Waals surface area contributed by atoms with Gasteiger partial charge >= 0.3 is 0 Å². The van der Waals surface area contributed by atoms with E-state index in [9.17, 15) is 13.5 Å². The number of methoxy groups -OCH3 is 1. The summed E-state index contributed by atoms with van der Waals surface area (Å²) < 4.78 is 33.3. The molecule has 1 aliphatic heterocycles. The van der Waals surface area contributed by atoms with Crippen molar-refractivity contribution in [3.8, 4) is 5.75 Å². The Hall–Kier alpha value is -3.45. The number of para-hydroxylation sites is 1. The maximum atomic E-state index is 11.9. The molecule has 5 rings (SSSR count). The van der Waals surface area contributed by atoms with Crippen molar-refractivity contribution in [3.63, 3.8) is 0 Å². The number of nitrogens with one attached hydrogen (secondary N) is 2. The van der Waals surface area contributed by atoms with Crippen molar-refractivity contribution in [2.24, 2.45) is 0 Å². The van der Waals surface area contributed by atoms with Crippen molar-refractivity contribution in [1.82, 2.24) is 24.2 Å². The van der Waals surface area contributed by atoms with E-state index >= 15 is 0 Å². The summed E-state index contributed by atoms with van der Waals surface area (Å²) in [5, 5.41) is 17.9. The molecule has 232 valence electrons. The van der Waals surface area contributed by atoms with Crippen LogP contribution in [0.3, 0.4) is 0 Å². The molecule has 0 saturated carbocycles. The number of anilines is 2. The molecular weight excluding hydrogens is 566 g/mol. The van der Waals surface area contributed by atoms with E-state index in [0.717, 1.165) is 64.5 Å². The van der Waals surface area contributed by atoms with Crippen LogP contribution in [0.15, 0.2) is 42.5 Å². The lowest BCUT2D eigenvalue weighted by molar-refractivity contribution is 0.276. The van der Waals surface area contributed by atoms with Gasteiger partial charge in [-0.25, -0.2) is 17.7 Å². The van der Waals surface area contributed by atoms with E-state index in [4.69, 9.17) is 10.5 Å². The first-order valence-electron chi connectivity index (χ1n) is 15.0. The van der Waals surface area contributed by atoms with Crippen molar-refractivity contribution < 1.29 is 18.3 Å². The van der Waals surface area contributed by atoms with Crippen molar-refractivity contribution in [1.29, 1.82) is 0 Å². The molecule has 0 amide bonds. The Kier molecular flexibility index (Phi) is 9.70. The zero-order valence-electron chi connectivity index (χ0n) is 25.2. The molecular formula is C31H43N7O4S. The summed E-state index contributed by atoms with van der Waals surface area (Å²) in [6.45, 7) is 4.48. The fourth-order valence-electron chi connectivity index (χ4n) is 6.09. The van der Waals surface area contributed by atoms with Crippen LogP contribution in [-0.4, -0.2) is 77.5 Å². The second-order valence-electron chi connectivity index (χ2n) is 11.3. The van der Waals surface area contributed by atoms with Crippen molar-refractivity contribution >= 4 is 43.7 Å². The van der Waals surface area contributed by atoms with Gasteiger partial charge in [0, 0.05) is 49.3 Å². The highest BCUT2D eigenvalue weighted by Crippen LogP contribution is 2.35. The highest BCUT2D eigenvalue weighted by Gasteiger charge is 2.25. The van der Waals surface area contributed by atoms with Gasteiger partial charge in [-0.15, -0.1) is 0 Å². The second-order valence-corrected chi connectivity index (χ2v) is 13.3. The van der Waals surface area contributed by atoms with Crippen LogP contribution in [0.1, 0.15) is 50.2 Å². The van der Waals surface area contributed by atoms with Gasteiger partial charge in [-0.3, -0.25) is 0 Å². The van der Waals surface area contributed by atoms with Gasteiger partial charge in [-0.05, 0) is 49.4 Å². The summed E-state index contributed by atoms with van der Waals surface area (Å²) in [4.78, 5) is 9.30. The minimum atomic E-state index is -3.15. The van der Waals surface area contributed by atoms with E-state index in [-0.39, 0.29) is 24.6 Å². The van der Waals surface area contributed by atoms with Gasteiger partial charge in [-0.2, -0.15) is 4.98 Å². The molecule has 43 heavy (non-hydrogen) atoms. The van der Waals surface area contributed by atoms with E-state index in [1.54, 1.807) is 11.4 Å². The van der Waals surface area contributed by atoms with Gasteiger partial charge < -0.3 is 30.8 Å². The van der Waals surface area contributed by atoms with Crippen LogP contribution < -0.4 is 21.1 Å². The normalized spacial score (nSPS) is 15.7. The monoisotopic (exact) mass is 609 g/mol. The molecule has 12 heteroatoms. The number of benzene rings is 2. The largest absolute Gasteiger partial charge is 0.496 e. The third-order valence-corrected chi connectivity index (χ3v) is 9.57. The first-order chi connectivity index (χ1) is 20.7. The number of sulfonamides is 1. The summed E-state index contributed by atoms with van der Waals surface area (Å²) in [5.74, 6) is 1.64. The van der Waals surface area contributed by atoms with Gasteiger partial charge in [0.1, 0.15) is 16.8 Å². The number of aliphatic hydroxyl groups excluding tert-OH is 1. The molecule has 1 saturated heterocycles. The Labute approximate surface area is 253 Å². The standard InChI is InChI=1S/C31H43N7O4S/c1-4-7-24(14-17-39)34-30-29-28(35-31(32)36-30)25-8-5-6-9-26(25)38(29)20-22-18-21(10-11-27(22)42-2)19-33-23-12-15-37(16-13-23)43(3,40)41/h5-6,8-11,18,23-24,33,39H,4,7,12-17,19-20H2,1-3H3,(H3,32,34,35,36)/t24-/m0/s1. The van der Waals surface area contributed by atoms with Gasteiger partial charge in [0.2, 0.25) is 16.0 Å². The van der Waals surface area contributed by atoms with Gasteiger partial charge in [-0.1, -0.05) is 37.6 Å². The molecule has 0 unspecified atom stereocenters. The fraction of sp³-hybridized carbons (Fsp3) is 0.484. The summed E-state index contributed by atoms with van der Waals surface area (Å²) in [5.41, 5.74) is 11.0. The first kappa shape index (κ1) is 31.0. The van der Waals surface area contributed by atoms with Crippen molar-refractivity contribution in [2.45, 2.75) is 64.2 Å². The predicted molar refractivity (Wildman–Crippen MR) is 172 cm³/mol. The molecule has 0 aliphatic carbocycles. The van der Waals surface area contributed by atoms with Crippen LogP contribution >= 0.6 is 0 Å². The molecule has 4 aromatic rings. The molecule has 0 radical (unpaired) electrons. The number of nitrogens with zero attached hydrogens (tertiary/aromatic N) is 4. The summed E-state index contributed by atoms with van der Waals surface area (Å²) >= 11 is 0.